The first kappa shape index (κ1) is 10.4. The van der Waals surface area contributed by atoms with Gasteiger partial charge in [-0.1, -0.05) is 31.9 Å². The first-order valence-electron chi connectivity index (χ1n) is 4.49. The minimum Gasteiger partial charge on any atom is -0.370 e. The molecule has 1 amide bonds. The molecule has 0 atom stereocenters. The number of nitrogens with two attached hydrogens (primary N) is 1. The Morgan fingerprint density at radius 3 is 2.31 bits per heavy atom. The van der Waals surface area contributed by atoms with Crippen LogP contribution in [-0.2, 0) is 0 Å². The van der Waals surface area contributed by atoms with Crippen molar-refractivity contribution in [1.82, 2.24) is 4.90 Å². The third kappa shape index (κ3) is 2.62. The second-order valence-electron chi connectivity index (χ2n) is 3.33. The van der Waals surface area contributed by atoms with Gasteiger partial charge in [0.15, 0.2) is 5.96 Å². The Bertz CT molecular complexity index is 199. The fraction of sp³-hybridized carbons (Fsp3) is 0.750. The van der Waals surface area contributed by atoms with Crippen LogP contribution < -0.4 is 5.73 Å². The highest BCUT2D eigenvalue weighted by atomic mass is 32.1. The van der Waals surface area contributed by atoms with Gasteiger partial charge in [0.1, 0.15) is 0 Å². The predicted octanol–water partition coefficient (Wildman–Crippen LogP) is 1.56. The Kier molecular flexibility index (Phi) is 3.59. The molecule has 0 saturated heterocycles. The van der Waals surface area contributed by atoms with Crippen molar-refractivity contribution in [2.45, 2.75) is 38.1 Å². The van der Waals surface area contributed by atoms with Gasteiger partial charge in [0.25, 0.3) is 5.24 Å². The van der Waals surface area contributed by atoms with Crippen molar-refractivity contribution in [2.75, 3.05) is 0 Å². The fourth-order valence-corrected chi connectivity index (χ4v) is 2.07. The van der Waals surface area contributed by atoms with Crippen molar-refractivity contribution in [1.29, 1.82) is 5.41 Å². The smallest absolute Gasteiger partial charge is 0.285 e. The molecular weight excluding hydrogens is 186 g/mol. The monoisotopic (exact) mass is 201 g/mol. The summed E-state index contributed by atoms with van der Waals surface area (Å²) < 4.78 is 0. The van der Waals surface area contributed by atoms with Gasteiger partial charge in [0.2, 0.25) is 0 Å². The van der Waals surface area contributed by atoms with Crippen LogP contribution >= 0.6 is 12.6 Å². The van der Waals surface area contributed by atoms with E-state index < -0.39 is 5.24 Å². The summed E-state index contributed by atoms with van der Waals surface area (Å²) in [4.78, 5) is 12.3. The number of carbonyl (C=O) groups excluding carboxylic acids is 1. The molecule has 1 aliphatic carbocycles. The predicted molar refractivity (Wildman–Crippen MR) is 55.0 cm³/mol. The highest BCUT2D eigenvalue weighted by Crippen LogP contribution is 2.23. The van der Waals surface area contributed by atoms with Crippen LogP contribution in [0.5, 0.6) is 0 Å². The quantitative estimate of drug-likeness (QED) is 0.342. The standard InChI is InChI=1S/C8H15N3OS/c9-7(10)11(8(12)13)6-4-2-1-3-5-6/h6H,1-5H2,(H3,9,10)(H,12,13). The first-order valence-corrected chi connectivity index (χ1v) is 4.94. The van der Waals surface area contributed by atoms with Gasteiger partial charge in [-0.3, -0.25) is 15.1 Å². The van der Waals surface area contributed by atoms with Crippen molar-refractivity contribution in [3.63, 3.8) is 0 Å². The van der Waals surface area contributed by atoms with Crippen molar-refractivity contribution >= 4 is 23.8 Å². The Balaban J connectivity index is 2.62. The Morgan fingerprint density at radius 1 is 1.38 bits per heavy atom. The summed E-state index contributed by atoms with van der Waals surface area (Å²) in [7, 11) is 0. The summed E-state index contributed by atoms with van der Waals surface area (Å²) in [6.45, 7) is 0. The van der Waals surface area contributed by atoms with Gasteiger partial charge < -0.3 is 5.73 Å². The van der Waals surface area contributed by atoms with Crippen LogP contribution in [0.3, 0.4) is 0 Å². The van der Waals surface area contributed by atoms with Crippen LogP contribution in [0.4, 0.5) is 4.79 Å². The summed E-state index contributed by atoms with van der Waals surface area (Å²) in [5.74, 6) is -0.188. The van der Waals surface area contributed by atoms with E-state index in [2.05, 4.69) is 12.6 Å². The molecule has 74 valence electrons. The SMILES string of the molecule is N=C(N)N(C(=O)S)C1CCCCC1. The van der Waals surface area contributed by atoms with Crippen molar-refractivity contribution in [2.24, 2.45) is 5.73 Å². The summed E-state index contributed by atoms with van der Waals surface area (Å²) in [6.07, 6.45) is 5.30. The zero-order valence-corrected chi connectivity index (χ0v) is 8.39. The largest absolute Gasteiger partial charge is 0.370 e. The molecule has 0 heterocycles. The molecule has 1 fully saturated rings. The molecule has 0 radical (unpaired) electrons. The maximum absolute atomic E-state index is 11.1. The topological polar surface area (TPSA) is 70.2 Å². The van der Waals surface area contributed by atoms with Crippen molar-refractivity contribution in [3.05, 3.63) is 0 Å². The molecule has 4 nitrogen and oxygen atoms in total. The summed E-state index contributed by atoms with van der Waals surface area (Å²) in [6, 6.07) is 0.0937. The van der Waals surface area contributed by atoms with E-state index in [9.17, 15) is 4.79 Å². The third-order valence-corrected chi connectivity index (χ3v) is 2.62. The number of nitrogens with zero attached hydrogens (tertiary/aromatic N) is 1. The molecule has 0 aromatic carbocycles. The Hall–Kier alpha value is -0.710. The van der Waals surface area contributed by atoms with Gasteiger partial charge in [-0.2, -0.15) is 0 Å². The van der Waals surface area contributed by atoms with Gasteiger partial charge in [-0.25, -0.2) is 0 Å². The zero-order valence-electron chi connectivity index (χ0n) is 7.49. The van der Waals surface area contributed by atoms with E-state index in [0.29, 0.717) is 0 Å². The number of thiol groups is 1. The van der Waals surface area contributed by atoms with E-state index in [1.165, 1.54) is 11.3 Å². The van der Waals surface area contributed by atoms with E-state index in [0.717, 1.165) is 25.7 Å². The average molecular weight is 201 g/mol. The lowest BCUT2D eigenvalue weighted by molar-refractivity contribution is 0.217. The van der Waals surface area contributed by atoms with Crippen LogP contribution in [0.25, 0.3) is 0 Å². The molecule has 0 aromatic heterocycles. The van der Waals surface area contributed by atoms with E-state index in [1.807, 2.05) is 0 Å². The van der Waals surface area contributed by atoms with Gasteiger partial charge in [0, 0.05) is 6.04 Å². The summed E-state index contributed by atoms with van der Waals surface area (Å²) in [5, 5.41) is 6.84. The molecular formula is C8H15N3OS. The van der Waals surface area contributed by atoms with Crippen LogP contribution in [0.15, 0.2) is 0 Å². The number of rotatable bonds is 1. The van der Waals surface area contributed by atoms with Gasteiger partial charge in [0.05, 0.1) is 0 Å². The second-order valence-corrected chi connectivity index (χ2v) is 3.71. The Labute approximate surface area is 83.4 Å². The van der Waals surface area contributed by atoms with Crippen molar-refractivity contribution < 1.29 is 4.79 Å². The van der Waals surface area contributed by atoms with Crippen molar-refractivity contribution in [3.8, 4) is 0 Å². The molecule has 0 aromatic rings. The summed E-state index contributed by atoms with van der Waals surface area (Å²) in [5.41, 5.74) is 5.31. The van der Waals surface area contributed by atoms with Crippen LogP contribution in [-0.4, -0.2) is 22.1 Å². The molecule has 0 bridgehead atoms. The molecule has 5 heteroatoms. The molecule has 1 aliphatic rings. The van der Waals surface area contributed by atoms with Gasteiger partial charge in [-0.05, 0) is 12.8 Å². The van der Waals surface area contributed by atoms with E-state index in [-0.39, 0.29) is 12.0 Å². The average Bonchev–Trinajstić information content (AvgIpc) is 2.04. The van der Waals surface area contributed by atoms with Crippen LogP contribution in [0.2, 0.25) is 0 Å². The molecule has 0 aliphatic heterocycles. The zero-order chi connectivity index (χ0) is 9.84. The van der Waals surface area contributed by atoms with E-state index in [4.69, 9.17) is 11.1 Å². The number of hydrogen-bond acceptors (Lipinski definition) is 2. The number of amides is 1. The lowest BCUT2D eigenvalue weighted by atomic mass is 9.95. The molecule has 1 rings (SSSR count). The number of nitrogens with one attached hydrogen (secondary N) is 1. The second kappa shape index (κ2) is 4.50. The molecule has 3 N–H and O–H groups in total. The lowest BCUT2D eigenvalue weighted by Crippen LogP contribution is -2.46. The molecule has 1 saturated carbocycles. The van der Waals surface area contributed by atoms with Gasteiger partial charge in [-0.15, -0.1) is 0 Å². The van der Waals surface area contributed by atoms with Gasteiger partial charge >= 0.3 is 0 Å². The fourth-order valence-electron chi connectivity index (χ4n) is 1.80. The molecule has 0 unspecified atom stereocenters. The maximum atomic E-state index is 11.1. The van der Waals surface area contributed by atoms with Crippen LogP contribution in [0, 0.1) is 5.41 Å². The Morgan fingerprint density at radius 2 is 1.92 bits per heavy atom. The molecule has 13 heavy (non-hydrogen) atoms. The molecule has 0 spiro atoms. The summed E-state index contributed by atoms with van der Waals surface area (Å²) >= 11 is 3.71. The third-order valence-electron chi connectivity index (χ3n) is 2.41. The normalized spacial score (nSPS) is 18.2. The highest BCUT2D eigenvalue weighted by Gasteiger charge is 2.25. The van der Waals surface area contributed by atoms with E-state index in [1.54, 1.807) is 0 Å². The minimum atomic E-state index is -0.417. The minimum absolute atomic E-state index is 0.0937. The number of hydrogen-bond donors (Lipinski definition) is 3. The highest BCUT2D eigenvalue weighted by molar-refractivity contribution is 7.96. The first-order chi connectivity index (χ1) is 6.13. The number of guanidine groups is 1. The number of carbonyl (C=O) groups is 1. The lowest BCUT2D eigenvalue weighted by Gasteiger charge is -2.31. The maximum Gasteiger partial charge on any atom is 0.285 e. The van der Waals surface area contributed by atoms with Crippen LogP contribution in [0.1, 0.15) is 32.1 Å². The van der Waals surface area contributed by atoms with E-state index >= 15 is 0 Å².